The van der Waals surface area contributed by atoms with Gasteiger partial charge in [-0.1, -0.05) is 25.3 Å². The summed E-state index contributed by atoms with van der Waals surface area (Å²) in [5.41, 5.74) is 0. The van der Waals surface area contributed by atoms with Crippen LogP contribution in [0.1, 0.15) is 44.5 Å². The first-order valence-electron chi connectivity index (χ1n) is 5.24. The highest BCUT2D eigenvalue weighted by molar-refractivity contribution is 7.05. The second-order valence-electron chi connectivity index (χ2n) is 3.96. The fourth-order valence-electron chi connectivity index (χ4n) is 1.42. The second-order valence-corrected chi connectivity index (χ2v) is 4.77. The van der Waals surface area contributed by atoms with Gasteiger partial charge in [-0.15, -0.1) is 5.10 Å². The van der Waals surface area contributed by atoms with Crippen molar-refractivity contribution < 1.29 is 0 Å². The van der Waals surface area contributed by atoms with Crippen LogP contribution in [0.4, 0.5) is 0 Å². The van der Waals surface area contributed by atoms with Crippen LogP contribution in [0, 0.1) is 5.92 Å². The lowest BCUT2D eigenvalue weighted by Gasteiger charge is -2.18. The van der Waals surface area contributed by atoms with Gasteiger partial charge in [0.2, 0.25) is 0 Å². The summed E-state index contributed by atoms with van der Waals surface area (Å²) in [6.45, 7) is 7.74. The van der Waals surface area contributed by atoms with Crippen molar-refractivity contribution in [3.63, 3.8) is 0 Å². The molecule has 1 N–H and O–H groups in total. The van der Waals surface area contributed by atoms with Gasteiger partial charge in [0.05, 0.1) is 11.1 Å². The second kappa shape index (κ2) is 6.09. The Balaban J connectivity index is 2.53. The van der Waals surface area contributed by atoms with E-state index in [0.29, 0.717) is 12.0 Å². The normalized spacial score (nSPS) is 13.4. The minimum Gasteiger partial charge on any atom is -0.309 e. The lowest BCUT2D eigenvalue weighted by Crippen LogP contribution is -2.22. The van der Waals surface area contributed by atoms with Crippen LogP contribution in [0.25, 0.3) is 0 Å². The summed E-state index contributed by atoms with van der Waals surface area (Å²) in [7, 11) is 0. The molecule has 3 nitrogen and oxygen atoms in total. The smallest absolute Gasteiger partial charge is 0.0669 e. The predicted octanol–water partition coefficient (Wildman–Crippen LogP) is 2.62. The largest absolute Gasteiger partial charge is 0.309 e. The summed E-state index contributed by atoms with van der Waals surface area (Å²) >= 11 is 1.50. The zero-order valence-electron chi connectivity index (χ0n) is 9.16. The van der Waals surface area contributed by atoms with Gasteiger partial charge in [-0.05, 0) is 36.8 Å². The van der Waals surface area contributed by atoms with E-state index in [1.807, 2.05) is 6.20 Å². The van der Waals surface area contributed by atoms with E-state index < -0.39 is 0 Å². The molecule has 0 saturated heterocycles. The Morgan fingerprint density at radius 3 is 2.79 bits per heavy atom. The molecule has 1 unspecified atom stereocenters. The zero-order valence-corrected chi connectivity index (χ0v) is 9.97. The van der Waals surface area contributed by atoms with E-state index in [0.717, 1.165) is 13.0 Å². The van der Waals surface area contributed by atoms with E-state index in [-0.39, 0.29) is 0 Å². The van der Waals surface area contributed by atoms with Gasteiger partial charge in [0.25, 0.3) is 0 Å². The monoisotopic (exact) mass is 213 g/mol. The lowest BCUT2D eigenvalue weighted by atomic mass is 10.0. The van der Waals surface area contributed by atoms with Crippen LogP contribution < -0.4 is 5.32 Å². The van der Waals surface area contributed by atoms with E-state index in [1.165, 1.54) is 22.8 Å². The van der Waals surface area contributed by atoms with E-state index in [1.54, 1.807) is 0 Å². The van der Waals surface area contributed by atoms with Crippen molar-refractivity contribution in [2.75, 3.05) is 6.54 Å². The minimum atomic E-state index is 0.440. The Labute approximate surface area is 90.1 Å². The first-order valence-corrected chi connectivity index (χ1v) is 6.02. The summed E-state index contributed by atoms with van der Waals surface area (Å²) in [4.78, 5) is 1.26. The molecule has 0 saturated carbocycles. The maximum atomic E-state index is 3.91. The molecular formula is C10H19N3S. The molecule has 4 heteroatoms. The average Bonchev–Trinajstić information content (AvgIpc) is 2.64. The van der Waals surface area contributed by atoms with Crippen molar-refractivity contribution in [3.8, 4) is 0 Å². The van der Waals surface area contributed by atoms with Crippen LogP contribution in [0.15, 0.2) is 6.20 Å². The summed E-state index contributed by atoms with van der Waals surface area (Å²) in [5.74, 6) is 0.700. The summed E-state index contributed by atoms with van der Waals surface area (Å²) < 4.78 is 3.91. The lowest BCUT2D eigenvalue weighted by molar-refractivity contribution is 0.435. The third kappa shape index (κ3) is 3.72. The molecule has 1 aromatic rings. The SMILES string of the molecule is CCCNC(CC(C)C)c1cnns1. The van der Waals surface area contributed by atoms with Crippen molar-refractivity contribution in [3.05, 3.63) is 11.1 Å². The Bertz CT molecular complexity index is 234. The third-order valence-corrected chi connectivity index (χ3v) is 2.85. The third-order valence-electron chi connectivity index (χ3n) is 2.07. The average molecular weight is 213 g/mol. The quantitative estimate of drug-likeness (QED) is 0.789. The van der Waals surface area contributed by atoms with Crippen molar-refractivity contribution in [2.24, 2.45) is 5.92 Å². The molecule has 1 rings (SSSR count). The van der Waals surface area contributed by atoms with Gasteiger partial charge in [-0.3, -0.25) is 0 Å². The van der Waals surface area contributed by atoms with Gasteiger partial charge in [-0.25, -0.2) is 0 Å². The van der Waals surface area contributed by atoms with Crippen LogP contribution >= 0.6 is 11.5 Å². The molecule has 0 aliphatic carbocycles. The highest BCUT2D eigenvalue weighted by Crippen LogP contribution is 2.22. The van der Waals surface area contributed by atoms with E-state index in [4.69, 9.17) is 0 Å². The number of aromatic nitrogens is 2. The number of nitrogens with one attached hydrogen (secondary N) is 1. The molecule has 1 heterocycles. The summed E-state index contributed by atoms with van der Waals surface area (Å²) in [6, 6.07) is 0.440. The Morgan fingerprint density at radius 2 is 2.29 bits per heavy atom. The Morgan fingerprint density at radius 1 is 1.50 bits per heavy atom. The first kappa shape index (κ1) is 11.6. The van der Waals surface area contributed by atoms with Crippen molar-refractivity contribution >= 4 is 11.5 Å². The highest BCUT2D eigenvalue weighted by atomic mass is 32.1. The molecule has 0 amide bonds. The molecule has 0 radical (unpaired) electrons. The van der Waals surface area contributed by atoms with Crippen molar-refractivity contribution in [1.82, 2.24) is 14.9 Å². The minimum absolute atomic E-state index is 0.440. The molecule has 0 aromatic carbocycles. The molecule has 0 spiro atoms. The molecule has 0 fully saturated rings. The highest BCUT2D eigenvalue weighted by Gasteiger charge is 2.14. The topological polar surface area (TPSA) is 37.8 Å². The maximum Gasteiger partial charge on any atom is 0.0669 e. The Hall–Kier alpha value is -0.480. The molecule has 1 aromatic heterocycles. The molecule has 0 bridgehead atoms. The number of rotatable bonds is 6. The van der Waals surface area contributed by atoms with Crippen LogP contribution in [0.3, 0.4) is 0 Å². The van der Waals surface area contributed by atoms with Gasteiger partial charge in [0.15, 0.2) is 0 Å². The number of hydrogen-bond donors (Lipinski definition) is 1. The van der Waals surface area contributed by atoms with Gasteiger partial charge in [0.1, 0.15) is 0 Å². The molecule has 0 aliphatic rings. The predicted molar refractivity (Wildman–Crippen MR) is 60.4 cm³/mol. The summed E-state index contributed by atoms with van der Waals surface area (Å²) in [6.07, 6.45) is 4.20. The van der Waals surface area contributed by atoms with Crippen LogP contribution in [0.5, 0.6) is 0 Å². The molecule has 80 valence electrons. The fraction of sp³-hybridized carbons (Fsp3) is 0.800. The Kier molecular flexibility index (Phi) is 5.04. The maximum absolute atomic E-state index is 3.91. The van der Waals surface area contributed by atoms with Gasteiger partial charge >= 0.3 is 0 Å². The van der Waals surface area contributed by atoms with E-state index >= 15 is 0 Å². The van der Waals surface area contributed by atoms with E-state index in [9.17, 15) is 0 Å². The zero-order chi connectivity index (χ0) is 10.4. The number of nitrogens with zero attached hydrogens (tertiary/aromatic N) is 2. The van der Waals surface area contributed by atoms with Crippen molar-refractivity contribution in [2.45, 2.75) is 39.7 Å². The first-order chi connectivity index (χ1) is 6.74. The van der Waals surface area contributed by atoms with E-state index in [2.05, 4.69) is 35.7 Å². The van der Waals surface area contributed by atoms with Gasteiger partial charge in [-0.2, -0.15) is 0 Å². The van der Waals surface area contributed by atoms with Crippen LogP contribution in [-0.2, 0) is 0 Å². The standard InChI is InChI=1S/C10H19N3S/c1-4-5-11-9(6-8(2)3)10-7-12-13-14-10/h7-9,11H,4-6H2,1-3H3. The van der Waals surface area contributed by atoms with Crippen LogP contribution in [0.2, 0.25) is 0 Å². The molecular weight excluding hydrogens is 194 g/mol. The number of hydrogen-bond acceptors (Lipinski definition) is 4. The molecule has 1 atom stereocenters. The summed E-state index contributed by atoms with van der Waals surface area (Å²) in [5, 5.41) is 7.42. The molecule has 0 aliphatic heterocycles. The van der Waals surface area contributed by atoms with Gasteiger partial charge < -0.3 is 5.32 Å². The fourth-order valence-corrected chi connectivity index (χ4v) is 2.01. The van der Waals surface area contributed by atoms with Crippen molar-refractivity contribution in [1.29, 1.82) is 0 Å². The molecule has 14 heavy (non-hydrogen) atoms. The van der Waals surface area contributed by atoms with Crippen LogP contribution in [-0.4, -0.2) is 16.1 Å². The van der Waals surface area contributed by atoms with Gasteiger partial charge in [0, 0.05) is 6.04 Å².